The van der Waals surface area contributed by atoms with Crippen molar-refractivity contribution in [3.05, 3.63) is 104 Å². The molecule has 0 bridgehead atoms. The van der Waals surface area contributed by atoms with Crippen molar-refractivity contribution >= 4 is 57.2 Å². The number of carbonyl (C=O) groups excluding carboxylic acids is 1. The van der Waals surface area contributed by atoms with Crippen LogP contribution >= 0.6 is 35.0 Å². The molecule has 1 aromatic heterocycles. The van der Waals surface area contributed by atoms with Crippen molar-refractivity contribution < 1.29 is 18.9 Å². The fourth-order valence-corrected chi connectivity index (χ4v) is 3.91. The van der Waals surface area contributed by atoms with Crippen molar-refractivity contribution in [3.8, 4) is 5.75 Å². The van der Waals surface area contributed by atoms with E-state index in [0.717, 1.165) is 11.8 Å². The van der Waals surface area contributed by atoms with E-state index in [0.29, 0.717) is 27.0 Å². The van der Waals surface area contributed by atoms with Crippen LogP contribution in [0, 0.1) is 10.1 Å². The average molecular weight is 544 g/mol. The van der Waals surface area contributed by atoms with Gasteiger partial charge in [0.15, 0.2) is 11.7 Å². The molecule has 1 N–H and O–H groups in total. The van der Waals surface area contributed by atoms with E-state index in [2.05, 4.69) is 20.7 Å². The molecule has 0 unspecified atom stereocenters. The number of hydrogen-bond acceptors (Lipinski definition) is 10. The Hall–Kier alpha value is -3.93. The fraction of sp³-hybridized carbons (Fsp3) is 0.0435. The zero-order valence-electron chi connectivity index (χ0n) is 18.1. The van der Waals surface area contributed by atoms with Gasteiger partial charge in [0.2, 0.25) is 5.78 Å². The molecule has 182 valence electrons. The summed E-state index contributed by atoms with van der Waals surface area (Å²) in [6.07, 6.45) is 0. The highest BCUT2D eigenvalue weighted by molar-refractivity contribution is 8.15. The number of rotatable bonds is 9. The monoisotopic (exact) mass is 543 g/mol. The number of ketones is 1. The molecule has 0 fully saturated rings. The highest BCUT2D eigenvalue weighted by Gasteiger charge is 2.20. The molecule has 0 spiro atoms. The van der Waals surface area contributed by atoms with E-state index in [4.69, 9.17) is 32.4 Å². The molecule has 0 atom stereocenters. The Morgan fingerprint density at radius 3 is 2.53 bits per heavy atom. The normalized spacial score (nSPS) is 11.2. The third-order valence-electron chi connectivity index (χ3n) is 4.47. The summed E-state index contributed by atoms with van der Waals surface area (Å²) >= 11 is 12.8. The molecule has 0 radical (unpaired) electrons. The van der Waals surface area contributed by atoms with Crippen molar-refractivity contribution in [1.29, 1.82) is 0 Å². The molecule has 10 nitrogen and oxygen atoms in total. The number of thioether (sulfide) groups is 1. The van der Waals surface area contributed by atoms with E-state index in [-0.39, 0.29) is 34.2 Å². The number of halogens is 2. The fourth-order valence-electron chi connectivity index (χ4n) is 2.76. The topological polar surface area (TPSA) is 133 Å². The molecule has 0 aliphatic heterocycles. The first-order valence-corrected chi connectivity index (χ1v) is 11.7. The third-order valence-corrected chi connectivity index (χ3v) is 5.81. The van der Waals surface area contributed by atoms with Gasteiger partial charge in [-0.3, -0.25) is 20.3 Å². The van der Waals surface area contributed by atoms with E-state index in [9.17, 15) is 14.9 Å². The van der Waals surface area contributed by atoms with Crippen LogP contribution in [0.3, 0.4) is 0 Å². The van der Waals surface area contributed by atoms with Gasteiger partial charge in [0.25, 0.3) is 16.8 Å². The Balaban J connectivity index is 1.50. The van der Waals surface area contributed by atoms with Crippen molar-refractivity contribution in [1.82, 2.24) is 10.2 Å². The van der Waals surface area contributed by atoms with Gasteiger partial charge in [-0.15, -0.1) is 10.2 Å². The average Bonchev–Trinajstić information content (AvgIpc) is 3.33. The van der Waals surface area contributed by atoms with Crippen LogP contribution in [0.25, 0.3) is 0 Å². The maximum Gasteiger partial charge on any atom is 0.283 e. The lowest BCUT2D eigenvalue weighted by Crippen LogP contribution is -2.13. The number of nitro benzene ring substituents is 1. The van der Waals surface area contributed by atoms with Gasteiger partial charge in [-0.2, -0.15) is 5.10 Å². The number of Topliss-reactive ketones (excluding diaryl/α,β-unsaturated/α-hetero) is 1. The molecule has 0 saturated heterocycles. The number of nitrogens with one attached hydrogen (secondary N) is 1. The van der Waals surface area contributed by atoms with Crippen LogP contribution in [0.2, 0.25) is 10.0 Å². The van der Waals surface area contributed by atoms with E-state index < -0.39 is 4.92 Å². The number of aromatic nitrogens is 2. The third kappa shape index (κ3) is 6.60. The summed E-state index contributed by atoms with van der Waals surface area (Å²) in [5, 5.41) is 23.8. The van der Waals surface area contributed by atoms with Crippen molar-refractivity contribution in [2.24, 2.45) is 5.10 Å². The lowest BCUT2D eigenvalue weighted by molar-refractivity contribution is -0.384. The molecule has 3 aromatic carbocycles. The Kier molecular flexibility index (Phi) is 8.16. The maximum atomic E-state index is 13.1. The molecule has 13 heteroatoms. The van der Waals surface area contributed by atoms with Gasteiger partial charge < -0.3 is 9.15 Å². The standard InChI is InChI=1S/C23H15Cl2N5O5S/c24-15-6-11-19(18(25)12-15)34-13-20-27-29-23(35-20)36-22(21(31)14-4-2-1-3-5-14)28-26-16-7-9-17(10-8-16)30(32)33/h1-12,26H,13H2/b28-22-. The Bertz CT molecular complexity index is 1410. The molecule has 0 amide bonds. The number of benzene rings is 3. The first-order chi connectivity index (χ1) is 17.4. The quantitative estimate of drug-likeness (QED) is 0.0647. The van der Waals surface area contributed by atoms with E-state index in [1.54, 1.807) is 48.5 Å². The van der Waals surface area contributed by atoms with E-state index in [1.807, 2.05) is 0 Å². The largest absolute Gasteiger partial charge is 0.482 e. The van der Waals surface area contributed by atoms with Crippen molar-refractivity contribution in [2.75, 3.05) is 5.43 Å². The summed E-state index contributed by atoms with van der Waals surface area (Å²) in [5.74, 6) is 0.152. The molecular formula is C23H15Cl2N5O5S. The van der Waals surface area contributed by atoms with Crippen LogP contribution in [0.1, 0.15) is 16.2 Å². The van der Waals surface area contributed by atoms with Crippen LogP contribution in [-0.2, 0) is 6.61 Å². The molecule has 36 heavy (non-hydrogen) atoms. The minimum atomic E-state index is -0.509. The van der Waals surface area contributed by atoms with Gasteiger partial charge in [0.1, 0.15) is 5.75 Å². The second kappa shape index (κ2) is 11.7. The second-order valence-corrected chi connectivity index (χ2v) is 8.74. The Morgan fingerprint density at radius 1 is 1.08 bits per heavy atom. The predicted molar refractivity (Wildman–Crippen MR) is 136 cm³/mol. The number of carbonyl (C=O) groups is 1. The summed E-state index contributed by atoms with van der Waals surface area (Å²) < 4.78 is 11.2. The van der Waals surface area contributed by atoms with E-state index >= 15 is 0 Å². The molecule has 1 heterocycles. The van der Waals surface area contributed by atoms with Crippen LogP contribution in [0.5, 0.6) is 5.75 Å². The number of hydrogen-bond donors (Lipinski definition) is 1. The van der Waals surface area contributed by atoms with Crippen molar-refractivity contribution in [2.45, 2.75) is 11.8 Å². The second-order valence-electron chi connectivity index (χ2n) is 6.96. The smallest absolute Gasteiger partial charge is 0.283 e. The maximum absolute atomic E-state index is 13.1. The number of anilines is 1. The first-order valence-electron chi connectivity index (χ1n) is 10.1. The molecule has 0 aliphatic carbocycles. The zero-order valence-corrected chi connectivity index (χ0v) is 20.5. The highest BCUT2D eigenvalue weighted by Crippen LogP contribution is 2.28. The molecule has 0 aliphatic rings. The SMILES string of the molecule is O=C(/C(=N/Nc1ccc([N+](=O)[O-])cc1)Sc1nnc(COc2ccc(Cl)cc2Cl)o1)c1ccccc1. The summed E-state index contributed by atoms with van der Waals surface area (Å²) in [5.41, 5.74) is 3.50. The minimum absolute atomic E-state index is 0.0106. The summed E-state index contributed by atoms with van der Waals surface area (Å²) in [7, 11) is 0. The summed E-state index contributed by atoms with van der Waals surface area (Å²) in [6.45, 7) is -0.0605. The first kappa shape index (κ1) is 25.2. The molecular weight excluding hydrogens is 529 g/mol. The van der Waals surface area contributed by atoms with Crippen LogP contribution in [0.4, 0.5) is 11.4 Å². The summed E-state index contributed by atoms with van der Waals surface area (Å²) in [4.78, 5) is 23.4. The lowest BCUT2D eigenvalue weighted by atomic mass is 10.1. The van der Waals surface area contributed by atoms with Crippen LogP contribution < -0.4 is 10.2 Å². The molecule has 4 rings (SSSR count). The van der Waals surface area contributed by atoms with Gasteiger partial charge in [0.05, 0.1) is 15.6 Å². The number of non-ortho nitro benzene ring substituents is 1. The number of hydrazone groups is 1. The highest BCUT2D eigenvalue weighted by atomic mass is 35.5. The van der Waals surface area contributed by atoms with Crippen LogP contribution in [0.15, 0.2) is 87.5 Å². The van der Waals surface area contributed by atoms with Crippen LogP contribution in [-0.4, -0.2) is 25.9 Å². The Morgan fingerprint density at radius 2 is 1.83 bits per heavy atom. The molecule has 4 aromatic rings. The van der Waals surface area contributed by atoms with Gasteiger partial charge in [-0.1, -0.05) is 53.5 Å². The lowest BCUT2D eigenvalue weighted by Gasteiger charge is -2.06. The van der Waals surface area contributed by atoms with Gasteiger partial charge in [-0.05, 0) is 42.1 Å². The minimum Gasteiger partial charge on any atom is -0.482 e. The molecule has 0 saturated carbocycles. The van der Waals surface area contributed by atoms with Crippen molar-refractivity contribution in [3.63, 3.8) is 0 Å². The van der Waals surface area contributed by atoms with Gasteiger partial charge in [0, 0.05) is 22.7 Å². The Labute approximate surface area is 218 Å². The van der Waals surface area contributed by atoms with Gasteiger partial charge >= 0.3 is 0 Å². The van der Waals surface area contributed by atoms with Gasteiger partial charge in [-0.25, -0.2) is 0 Å². The summed E-state index contributed by atoms with van der Waals surface area (Å²) in [6, 6.07) is 18.9. The zero-order chi connectivity index (χ0) is 25.5. The number of ether oxygens (including phenoxy) is 1. The number of nitrogens with zero attached hydrogens (tertiary/aromatic N) is 4. The van der Waals surface area contributed by atoms with E-state index in [1.165, 1.54) is 24.3 Å². The predicted octanol–water partition coefficient (Wildman–Crippen LogP) is 6.26. The number of nitro groups is 1.